The van der Waals surface area contributed by atoms with Crippen molar-refractivity contribution in [1.82, 2.24) is 0 Å². The molecule has 31 heavy (non-hydrogen) atoms. The van der Waals surface area contributed by atoms with Gasteiger partial charge in [-0.15, -0.1) is 11.6 Å². The average molecular weight is 476 g/mol. The maximum atomic E-state index is 10.4. The number of hydrogen-bond donors (Lipinski definition) is 0. The Labute approximate surface area is 197 Å². The molecule has 0 saturated carbocycles. The van der Waals surface area contributed by atoms with E-state index in [4.69, 9.17) is 11.6 Å². The molecule has 0 N–H and O–H groups in total. The van der Waals surface area contributed by atoms with Crippen molar-refractivity contribution in [2.24, 2.45) is 0 Å². The van der Waals surface area contributed by atoms with Crippen molar-refractivity contribution in [1.29, 1.82) is 0 Å². The van der Waals surface area contributed by atoms with E-state index in [1.807, 2.05) is 6.92 Å². The summed E-state index contributed by atoms with van der Waals surface area (Å²) in [5.41, 5.74) is 0.928. The lowest BCUT2D eigenvalue weighted by molar-refractivity contribution is -0.929. The van der Waals surface area contributed by atoms with Gasteiger partial charge < -0.3 is 9.04 Å². The molecule has 0 saturated heterocycles. The third-order valence-corrected chi connectivity index (χ3v) is 6.90. The van der Waals surface area contributed by atoms with E-state index < -0.39 is 10.1 Å². The Balaban J connectivity index is 0.000000683. The molecule has 1 rings (SSSR count). The van der Waals surface area contributed by atoms with Crippen molar-refractivity contribution in [3.63, 3.8) is 0 Å². The first-order valence-corrected chi connectivity index (χ1v) is 14.1. The molecule has 0 atom stereocenters. The predicted octanol–water partition coefficient (Wildman–Crippen LogP) is 6.90. The number of unbranched alkanes of at least 4 members (excludes halogenated alkanes) is 6. The molecule has 0 aliphatic carbocycles. The predicted molar refractivity (Wildman–Crippen MR) is 133 cm³/mol. The van der Waals surface area contributed by atoms with E-state index >= 15 is 0 Å². The van der Waals surface area contributed by atoms with Gasteiger partial charge >= 0.3 is 0 Å². The zero-order valence-corrected chi connectivity index (χ0v) is 21.9. The molecule has 0 aliphatic heterocycles. The number of halogens is 1. The Bertz CT molecular complexity index is 639. The highest BCUT2D eigenvalue weighted by molar-refractivity contribution is 7.85. The second-order valence-electron chi connectivity index (χ2n) is 8.67. The largest absolute Gasteiger partial charge is 0.744 e. The van der Waals surface area contributed by atoms with Crippen molar-refractivity contribution in [3.05, 3.63) is 29.8 Å². The molecular formula is C25H46ClNO3S. The minimum Gasteiger partial charge on any atom is -0.744 e. The summed E-state index contributed by atoms with van der Waals surface area (Å²) in [7, 11) is -4.27. The molecule has 0 aliphatic rings. The summed E-state index contributed by atoms with van der Waals surface area (Å²) in [5, 5.41) is 0. The van der Waals surface area contributed by atoms with Crippen molar-refractivity contribution in [2.75, 3.05) is 32.1 Å². The van der Waals surface area contributed by atoms with Gasteiger partial charge in [-0.25, -0.2) is 8.42 Å². The lowest BCUT2D eigenvalue weighted by Gasteiger charge is -2.39. The fourth-order valence-corrected chi connectivity index (χ4v) is 4.44. The third-order valence-electron chi connectivity index (χ3n) is 5.78. The van der Waals surface area contributed by atoms with E-state index in [1.54, 1.807) is 12.1 Å². The summed E-state index contributed by atoms with van der Waals surface area (Å²) in [4.78, 5) is -0.178. The summed E-state index contributed by atoms with van der Waals surface area (Å²) >= 11 is 5.88. The molecule has 6 heteroatoms. The minimum atomic E-state index is -4.27. The second kappa shape index (κ2) is 17.9. The molecule has 0 unspecified atom stereocenters. The number of quaternary nitrogens is 1. The molecular weight excluding hydrogens is 430 g/mol. The molecule has 0 amide bonds. The Morgan fingerprint density at radius 1 is 0.742 bits per heavy atom. The van der Waals surface area contributed by atoms with E-state index in [-0.39, 0.29) is 4.90 Å². The van der Waals surface area contributed by atoms with Crippen LogP contribution in [0.25, 0.3) is 0 Å². The van der Waals surface area contributed by atoms with Gasteiger partial charge in [-0.3, -0.25) is 0 Å². The first-order valence-electron chi connectivity index (χ1n) is 12.2. The van der Waals surface area contributed by atoms with Crippen LogP contribution in [-0.4, -0.2) is 49.5 Å². The Morgan fingerprint density at radius 3 is 1.61 bits per heavy atom. The average Bonchev–Trinajstić information content (AvgIpc) is 2.74. The SMILES string of the molecule is CCCCCC[N+](CCCC)(CCCC)CCCCCl.Cc1ccc(S(=O)(=O)[O-])cc1. The fraction of sp³-hybridized carbons (Fsp3) is 0.760. The zero-order valence-electron chi connectivity index (χ0n) is 20.4. The lowest BCUT2D eigenvalue weighted by atomic mass is 10.1. The highest BCUT2D eigenvalue weighted by Crippen LogP contribution is 2.17. The van der Waals surface area contributed by atoms with E-state index in [1.165, 1.54) is 107 Å². The standard InChI is InChI=1S/C18H39ClN.C7H8O3S/c1-4-7-10-12-17-20(15-8-5-2,16-9-6-3)18-13-11-14-19;1-6-2-4-7(5-3-6)11(8,9)10/h4-18H2,1-3H3;2-5H,1H3,(H,8,9,10)/q+1;/p-1. The monoisotopic (exact) mass is 475 g/mol. The van der Waals surface area contributed by atoms with Crippen LogP contribution in [0.3, 0.4) is 0 Å². The van der Waals surface area contributed by atoms with E-state index in [9.17, 15) is 13.0 Å². The maximum Gasteiger partial charge on any atom is 0.124 e. The van der Waals surface area contributed by atoms with Crippen LogP contribution >= 0.6 is 11.6 Å². The summed E-state index contributed by atoms with van der Waals surface area (Å²) in [6.07, 6.45) is 13.5. The Kier molecular flexibility index (Phi) is 17.5. The smallest absolute Gasteiger partial charge is 0.124 e. The van der Waals surface area contributed by atoms with Crippen LogP contribution in [0, 0.1) is 6.92 Å². The molecule has 0 fully saturated rings. The number of benzene rings is 1. The van der Waals surface area contributed by atoms with Gasteiger partial charge in [-0.2, -0.15) is 0 Å². The zero-order chi connectivity index (χ0) is 23.6. The second-order valence-corrected chi connectivity index (χ2v) is 10.4. The molecule has 0 radical (unpaired) electrons. The van der Waals surface area contributed by atoms with Crippen molar-refractivity contribution >= 4 is 21.7 Å². The summed E-state index contributed by atoms with van der Waals surface area (Å²) in [5.74, 6) is 0.831. The number of alkyl halides is 1. The Hall–Kier alpha value is -0.620. The molecule has 0 heterocycles. The van der Waals surface area contributed by atoms with Crippen molar-refractivity contribution in [2.45, 2.75) is 96.8 Å². The first-order chi connectivity index (χ1) is 14.7. The van der Waals surface area contributed by atoms with Gasteiger partial charge in [-0.05, 0) is 57.6 Å². The van der Waals surface area contributed by atoms with Gasteiger partial charge in [-0.1, -0.05) is 64.2 Å². The number of hydrogen-bond acceptors (Lipinski definition) is 3. The normalized spacial score (nSPS) is 11.8. The van der Waals surface area contributed by atoms with Crippen LogP contribution in [0.5, 0.6) is 0 Å². The Morgan fingerprint density at radius 2 is 1.19 bits per heavy atom. The number of aryl methyl sites for hydroxylation is 1. The summed E-state index contributed by atoms with van der Waals surface area (Å²) in [6.45, 7) is 14.3. The van der Waals surface area contributed by atoms with Gasteiger partial charge in [0.05, 0.1) is 31.1 Å². The topological polar surface area (TPSA) is 57.2 Å². The lowest BCUT2D eigenvalue weighted by Crippen LogP contribution is -2.50. The van der Waals surface area contributed by atoms with E-state index in [0.717, 1.165) is 11.4 Å². The van der Waals surface area contributed by atoms with Crippen LogP contribution in [0.4, 0.5) is 0 Å². The van der Waals surface area contributed by atoms with Crippen LogP contribution in [-0.2, 0) is 10.1 Å². The fourth-order valence-electron chi connectivity index (χ4n) is 3.78. The molecule has 0 aromatic heterocycles. The van der Waals surface area contributed by atoms with Crippen LogP contribution < -0.4 is 0 Å². The van der Waals surface area contributed by atoms with Crippen LogP contribution in [0.2, 0.25) is 0 Å². The minimum absolute atomic E-state index is 0.178. The van der Waals surface area contributed by atoms with Gasteiger partial charge in [0, 0.05) is 5.88 Å². The summed E-state index contributed by atoms with van der Waals surface area (Å²) < 4.78 is 32.5. The molecule has 182 valence electrons. The summed E-state index contributed by atoms with van der Waals surface area (Å²) in [6, 6.07) is 5.78. The van der Waals surface area contributed by atoms with E-state index in [0.29, 0.717) is 0 Å². The molecule has 0 bridgehead atoms. The van der Waals surface area contributed by atoms with Gasteiger partial charge in [0.2, 0.25) is 0 Å². The van der Waals surface area contributed by atoms with Gasteiger partial charge in [0.25, 0.3) is 0 Å². The number of nitrogens with zero attached hydrogens (tertiary/aromatic N) is 1. The van der Waals surface area contributed by atoms with Gasteiger partial charge in [0.15, 0.2) is 0 Å². The molecule has 4 nitrogen and oxygen atoms in total. The molecule has 1 aromatic carbocycles. The first kappa shape index (κ1) is 30.4. The number of rotatable bonds is 16. The van der Waals surface area contributed by atoms with Crippen LogP contribution in [0.1, 0.15) is 90.5 Å². The quantitative estimate of drug-likeness (QED) is 0.113. The molecule has 0 spiro atoms. The highest BCUT2D eigenvalue weighted by Gasteiger charge is 2.25. The van der Waals surface area contributed by atoms with Crippen molar-refractivity contribution < 1.29 is 17.5 Å². The van der Waals surface area contributed by atoms with Gasteiger partial charge in [0.1, 0.15) is 10.1 Å². The molecule has 1 aromatic rings. The third kappa shape index (κ3) is 15.0. The van der Waals surface area contributed by atoms with Crippen LogP contribution in [0.15, 0.2) is 29.2 Å². The van der Waals surface area contributed by atoms with Crippen molar-refractivity contribution in [3.8, 4) is 0 Å². The van der Waals surface area contributed by atoms with E-state index in [2.05, 4.69) is 20.8 Å². The highest BCUT2D eigenvalue weighted by atomic mass is 35.5. The maximum absolute atomic E-state index is 10.4.